The zero-order valence-corrected chi connectivity index (χ0v) is 18.0. The third-order valence-electron chi connectivity index (χ3n) is 4.26. The molecule has 1 amide bonds. The van der Waals surface area contributed by atoms with Crippen molar-refractivity contribution in [2.45, 2.75) is 71.9 Å². The van der Waals surface area contributed by atoms with Crippen molar-refractivity contribution in [2.24, 2.45) is 0 Å². The number of carbonyl (C=O) groups excluding carboxylic acids is 1. The molecule has 0 radical (unpaired) electrons. The van der Waals surface area contributed by atoms with Crippen LogP contribution in [0.5, 0.6) is 11.5 Å². The van der Waals surface area contributed by atoms with E-state index in [0.717, 1.165) is 31.1 Å². The van der Waals surface area contributed by atoms with Crippen LogP contribution in [0.2, 0.25) is 0 Å². The van der Waals surface area contributed by atoms with Gasteiger partial charge in [-0.2, -0.15) is 8.42 Å². The average molecular weight is 400 g/mol. The first kappa shape index (κ1) is 23.3. The van der Waals surface area contributed by atoms with Crippen molar-refractivity contribution in [3.05, 3.63) is 23.8 Å². The number of hydrogen-bond donors (Lipinski definition) is 0. The largest absolute Gasteiger partial charge is 0.493 e. The van der Waals surface area contributed by atoms with Gasteiger partial charge in [0, 0.05) is 19.0 Å². The van der Waals surface area contributed by atoms with E-state index in [9.17, 15) is 13.2 Å². The van der Waals surface area contributed by atoms with Gasteiger partial charge in [-0.05, 0) is 38.0 Å². The fourth-order valence-corrected chi connectivity index (χ4v) is 3.28. The first-order valence-electron chi connectivity index (χ1n) is 9.53. The van der Waals surface area contributed by atoms with E-state index in [-0.39, 0.29) is 17.7 Å². The number of ether oxygens (including phenoxy) is 1. The Bertz CT molecular complexity index is 700. The van der Waals surface area contributed by atoms with Crippen molar-refractivity contribution in [1.82, 2.24) is 4.90 Å². The van der Waals surface area contributed by atoms with Gasteiger partial charge >= 0.3 is 10.1 Å². The lowest BCUT2D eigenvalue weighted by molar-refractivity contribution is -0.133. The smallest absolute Gasteiger partial charge is 0.306 e. The summed E-state index contributed by atoms with van der Waals surface area (Å²) in [5.74, 6) is 0.582. The molecule has 0 aliphatic heterocycles. The minimum atomic E-state index is -3.67. The molecule has 7 heteroatoms. The number of rotatable bonds is 12. The number of unbranched alkanes of at least 4 members (excludes halogenated alkanes) is 4. The second-order valence-electron chi connectivity index (χ2n) is 7.05. The van der Waals surface area contributed by atoms with Gasteiger partial charge in [-0.1, -0.05) is 38.7 Å². The summed E-state index contributed by atoms with van der Waals surface area (Å²) >= 11 is 0. The lowest BCUT2D eigenvalue weighted by atomic mass is 10.1. The molecule has 0 aliphatic rings. The second-order valence-corrected chi connectivity index (χ2v) is 8.63. The van der Waals surface area contributed by atoms with E-state index in [0.29, 0.717) is 18.7 Å². The third kappa shape index (κ3) is 8.65. The van der Waals surface area contributed by atoms with Gasteiger partial charge in [0.25, 0.3) is 0 Å². The SMILES string of the molecule is CCCCCCCC(=O)N(Cc1ccc(OC)c(OS(C)(=O)=O)c1)C(C)C. The first-order valence-corrected chi connectivity index (χ1v) is 11.4. The molecule has 0 bridgehead atoms. The molecular weight excluding hydrogens is 366 g/mol. The topological polar surface area (TPSA) is 72.9 Å². The van der Waals surface area contributed by atoms with Crippen LogP contribution >= 0.6 is 0 Å². The van der Waals surface area contributed by atoms with E-state index in [2.05, 4.69) is 6.92 Å². The molecule has 0 aliphatic carbocycles. The zero-order valence-electron chi connectivity index (χ0n) is 17.2. The monoisotopic (exact) mass is 399 g/mol. The molecule has 27 heavy (non-hydrogen) atoms. The van der Waals surface area contributed by atoms with E-state index < -0.39 is 10.1 Å². The number of methoxy groups -OCH3 is 1. The minimum Gasteiger partial charge on any atom is -0.493 e. The normalized spacial score (nSPS) is 11.5. The Labute approximate surface area is 164 Å². The molecule has 0 heterocycles. The van der Waals surface area contributed by atoms with Crippen molar-refractivity contribution in [2.75, 3.05) is 13.4 Å². The Morgan fingerprint density at radius 1 is 1.11 bits per heavy atom. The van der Waals surface area contributed by atoms with Crippen LogP contribution in [0.15, 0.2) is 18.2 Å². The minimum absolute atomic E-state index is 0.0505. The number of carbonyl (C=O) groups is 1. The summed E-state index contributed by atoms with van der Waals surface area (Å²) in [5.41, 5.74) is 0.794. The van der Waals surface area contributed by atoms with E-state index >= 15 is 0 Å². The number of benzene rings is 1. The molecule has 0 atom stereocenters. The summed E-state index contributed by atoms with van der Waals surface area (Å²) < 4.78 is 33.1. The fourth-order valence-electron chi connectivity index (χ4n) is 2.83. The van der Waals surface area contributed by atoms with Gasteiger partial charge in [0.05, 0.1) is 13.4 Å². The average Bonchev–Trinajstić information content (AvgIpc) is 2.57. The van der Waals surface area contributed by atoms with Gasteiger partial charge in [0.15, 0.2) is 11.5 Å². The molecule has 6 nitrogen and oxygen atoms in total. The Balaban J connectivity index is 2.84. The molecule has 1 aromatic carbocycles. The van der Waals surface area contributed by atoms with Gasteiger partial charge in [-0.25, -0.2) is 0 Å². The molecule has 0 aromatic heterocycles. The molecular formula is C20H33NO5S. The Morgan fingerprint density at radius 2 is 1.78 bits per heavy atom. The highest BCUT2D eigenvalue weighted by atomic mass is 32.2. The molecule has 0 saturated carbocycles. The highest BCUT2D eigenvalue weighted by Crippen LogP contribution is 2.30. The lowest BCUT2D eigenvalue weighted by Gasteiger charge is -2.27. The maximum atomic E-state index is 12.6. The predicted octanol–water partition coefficient (Wildman–Crippen LogP) is 4.13. The van der Waals surface area contributed by atoms with Crippen molar-refractivity contribution < 1.29 is 22.1 Å². The summed E-state index contributed by atoms with van der Waals surface area (Å²) in [6, 6.07) is 5.14. The van der Waals surface area contributed by atoms with E-state index in [4.69, 9.17) is 8.92 Å². The number of nitrogens with zero attached hydrogens (tertiary/aromatic N) is 1. The standard InChI is InChI=1S/C20H33NO5S/c1-6-7-8-9-10-11-20(22)21(16(2)3)15-17-12-13-18(25-4)19(14-17)26-27(5,23)24/h12-14,16H,6-11,15H2,1-5H3. The van der Waals surface area contributed by atoms with Crippen LogP contribution in [-0.2, 0) is 21.5 Å². The Kier molecular flexibility index (Phi) is 9.63. The van der Waals surface area contributed by atoms with E-state index in [1.165, 1.54) is 20.0 Å². The second kappa shape index (κ2) is 11.2. The van der Waals surface area contributed by atoms with E-state index in [1.54, 1.807) is 12.1 Å². The summed E-state index contributed by atoms with van der Waals surface area (Å²) in [5, 5.41) is 0. The summed E-state index contributed by atoms with van der Waals surface area (Å²) in [6.07, 6.45) is 7.04. The molecule has 0 fully saturated rings. The van der Waals surface area contributed by atoms with Crippen molar-refractivity contribution in [3.63, 3.8) is 0 Å². The van der Waals surface area contributed by atoms with Crippen LogP contribution in [0.4, 0.5) is 0 Å². The molecule has 0 unspecified atom stereocenters. The predicted molar refractivity (Wildman–Crippen MR) is 108 cm³/mol. The molecule has 0 N–H and O–H groups in total. The van der Waals surface area contributed by atoms with Crippen LogP contribution in [0.1, 0.15) is 64.9 Å². The Morgan fingerprint density at radius 3 is 2.33 bits per heavy atom. The number of amides is 1. The Hall–Kier alpha value is -1.76. The summed E-state index contributed by atoms with van der Waals surface area (Å²) in [6.45, 7) is 6.52. The zero-order chi connectivity index (χ0) is 20.4. The van der Waals surface area contributed by atoms with Crippen LogP contribution in [0, 0.1) is 0 Å². The van der Waals surface area contributed by atoms with Gasteiger partial charge in [-0.15, -0.1) is 0 Å². The molecule has 154 valence electrons. The fraction of sp³-hybridized carbons (Fsp3) is 0.650. The van der Waals surface area contributed by atoms with E-state index in [1.807, 2.05) is 24.8 Å². The third-order valence-corrected chi connectivity index (χ3v) is 4.74. The first-order chi connectivity index (χ1) is 12.7. The van der Waals surface area contributed by atoms with Crippen LogP contribution < -0.4 is 8.92 Å². The highest BCUT2D eigenvalue weighted by Gasteiger charge is 2.19. The maximum absolute atomic E-state index is 12.6. The van der Waals surface area contributed by atoms with Crippen LogP contribution in [0.3, 0.4) is 0 Å². The van der Waals surface area contributed by atoms with Crippen LogP contribution in [-0.4, -0.2) is 38.6 Å². The quantitative estimate of drug-likeness (QED) is 0.390. The highest BCUT2D eigenvalue weighted by molar-refractivity contribution is 7.86. The van der Waals surface area contributed by atoms with Gasteiger partial charge in [0.1, 0.15) is 0 Å². The van der Waals surface area contributed by atoms with Gasteiger partial charge in [0.2, 0.25) is 5.91 Å². The van der Waals surface area contributed by atoms with Crippen molar-refractivity contribution >= 4 is 16.0 Å². The van der Waals surface area contributed by atoms with Crippen molar-refractivity contribution in [1.29, 1.82) is 0 Å². The lowest BCUT2D eigenvalue weighted by Crippen LogP contribution is -2.36. The van der Waals surface area contributed by atoms with Gasteiger partial charge in [-0.3, -0.25) is 4.79 Å². The van der Waals surface area contributed by atoms with Crippen LogP contribution in [0.25, 0.3) is 0 Å². The summed E-state index contributed by atoms with van der Waals surface area (Å²) in [7, 11) is -2.22. The summed E-state index contributed by atoms with van der Waals surface area (Å²) in [4.78, 5) is 14.4. The molecule has 1 aromatic rings. The number of hydrogen-bond acceptors (Lipinski definition) is 5. The molecule has 1 rings (SSSR count). The molecule has 0 saturated heterocycles. The van der Waals surface area contributed by atoms with Crippen molar-refractivity contribution in [3.8, 4) is 11.5 Å². The van der Waals surface area contributed by atoms with Gasteiger partial charge < -0.3 is 13.8 Å². The maximum Gasteiger partial charge on any atom is 0.306 e. The molecule has 0 spiro atoms.